The van der Waals surface area contributed by atoms with Gasteiger partial charge in [0.2, 0.25) is 5.91 Å². The molecule has 1 heterocycles. The molecule has 0 aliphatic carbocycles. The first-order chi connectivity index (χ1) is 17.9. The molecule has 0 spiro atoms. The number of amides is 1. The third kappa shape index (κ3) is 5.54. The lowest BCUT2D eigenvalue weighted by Gasteiger charge is -2.10. The molecule has 2 N–H and O–H groups in total. The van der Waals surface area contributed by atoms with Gasteiger partial charge in [0, 0.05) is 29.1 Å². The van der Waals surface area contributed by atoms with Gasteiger partial charge in [0.15, 0.2) is 0 Å². The summed E-state index contributed by atoms with van der Waals surface area (Å²) < 4.78 is 47.7. The summed E-state index contributed by atoms with van der Waals surface area (Å²) >= 11 is 0. The maximum atomic E-state index is 14.0. The number of aromatic nitrogens is 1. The van der Waals surface area contributed by atoms with Crippen molar-refractivity contribution in [3.8, 4) is 22.8 Å². The highest BCUT2D eigenvalue weighted by atomic mass is 32.2. The molecule has 0 unspecified atom stereocenters. The SMILES string of the molecule is O=C(CCc1c(-c2ccccc2)[nH]c2ccc(F)cc12)NS(=O)(=O)c1cccc(Oc2ccccc2)c1. The normalized spacial score (nSPS) is 11.4. The van der Waals surface area contributed by atoms with Crippen LogP contribution in [-0.4, -0.2) is 19.3 Å². The zero-order valence-electron chi connectivity index (χ0n) is 19.6. The minimum absolute atomic E-state index is 0.0894. The molecule has 5 rings (SSSR count). The molecular weight excluding hydrogens is 491 g/mol. The number of rotatable bonds is 8. The van der Waals surface area contributed by atoms with Crippen molar-refractivity contribution in [1.29, 1.82) is 0 Å². The van der Waals surface area contributed by atoms with Crippen molar-refractivity contribution in [2.75, 3.05) is 0 Å². The average molecular weight is 515 g/mol. The van der Waals surface area contributed by atoms with Crippen LogP contribution in [0.15, 0.2) is 108 Å². The number of carbonyl (C=O) groups is 1. The largest absolute Gasteiger partial charge is 0.457 e. The van der Waals surface area contributed by atoms with Gasteiger partial charge in [-0.1, -0.05) is 54.6 Å². The minimum Gasteiger partial charge on any atom is -0.457 e. The van der Waals surface area contributed by atoms with E-state index in [-0.39, 0.29) is 17.7 Å². The van der Waals surface area contributed by atoms with Crippen LogP contribution in [-0.2, 0) is 21.2 Å². The van der Waals surface area contributed by atoms with Crippen LogP contribution in [0.5, 0.6) is 11.5 Å². The lowest BCUT2D eigenvalue weighted by molar-refractivity contribution is -0.119. The highest BCUT2D eigenvalue weighted by molar-refractivity contribution is 7.90. The Labute approximate surface area is 213 Å². The van der Waals surface area contributed by atoms with Crippen LogP contribution in [0, 0.1) is 5.82 Å². The van der Waals surface area contributed by atoms with Crippen molar-refractivity contribution in [2.24, 2.45) is 0 Å². The molecule has 0 aliphatic rings. The molecule has 186 valence electrons. The molecule has 0 saturated carbocycles. The Morgan fingerprint density at radius 3 is 2.30 bits per heavy atom. The second kappa shape index (κ2) is 10.3. The number of hydrogen-bond acceptors (Lipinski definition) is 4. The molecule has 0 atom stereocenters. The molecule has 0 aliphatic heterocycles. The number of fused-ring (bicyclic) bond motifs is 1. The summed E-state index contributed by atoms with van der Waals surface area (Å²) in [5.41, 5.74) is 3.13. The zero-order chi connectivity index (χ0) is 25.8. The lowest BCUT2D eigenvalue weighted by atomic mass is 10.0. The Bertz CT molecular complexity index is 1670. The smallest absolute Gasteiger partial charge is 0.264 e. The quantitative estimate of drug-likeness (QED) is 0.258. The van der Waals surface area contributed by atoms with Crippen molar-refractivity contribution in [1.82, 2.24) is 9.71 Å². The summed E-state index contributed by atoms with van der Waals surface area (Å²) in [5, 5.41) is 0.653. The van der Waals surface area contributed by atoms with E-state index in [2.05, 4.69) is 9.71 Å². The summed E-state index contributed by atoms with van der Waals surface area (Å²) in [4.78, 5) is 16.0. The van der Waals surface area contributed by atoms with Crippen LogP contribution in [0.2, 0.25) is 0 Å². The van der Waals surface area contributed by atoms with Crippen LogP contribution in [0.3, 0.4) is 0 Å². The summed E-state index contributed by atoms with van der Waals surface area (Å²) in [6.45, 7) is 0. The second-order valence-electron chi connectivity index (χ2n) is 8.45. The second-order valence-corrected chi connectivity index (χ2v) is 10.1. The third-order valence-corrected chi connectivity index (χ3v) is 7.25. The van der Waals surface area contributed by atoms with Crippen LogP contribution in [0.25, 0.3) is 22.2 Å². The molecule has 0 bridgehead atoms. The van der Waals surface area contributed by atoms with Gasteiger partial charge in [0.05, 0.1) is 4.90 Å². The van der Waals surface area contributed by atoms with Crippen LogP contribution in [0.4, 0.5) is 4.39 Å². The van der Waals surface area contributed by atoms with Gasteiger partial charge in [0.25, 0.3) is 10.0 Å². The molecule has 8 heteroatoms. The predicted octanol–water partition coefficient (Wildman–Crippen LogP) is 6.20. The van der Waals surface area contributed by atoms with Crippen molar-refractivity contribution >= 4 is 26.8 Å². The van der Waals surface area contributed by atoms with Gasteiger partial charge < -0.3 is 9.72 Å². The van der Waals surface area contributed by atoms with Gasteiger partial charge >= 0.3 is 0 Å². The first-order valence-electron chi connectivity index (χ1n) is 11.6. The van der Waals surface area contributed by atoms with Crippen molar-refractivity contribution < 1.29 is 22.3 Å². The molecule has 0 fully saturated rings. The van der Waals surface area contributed by atoms with E-state index in [0.29, 0.717) is 16.9 Å². The van der Waals surface area contributed by atoms with Gasteiger partial charge in [-0.2, -0.15) is 0 Å². The Morgan fingerprint density at radius 2 is 1.54 bits per heavy atom. The Kier molecular flexibility index (Phi) is 6.74. The lowest BCUT2D eigenvalue weighted by Crippen LogP contribution is -2.30. The number of benzene rings is 4. The van der Waals surface area contributed by atoms with Crippen molar-refractivity contribution in [3.63, 3.8) is 0 Å². The molecule has 6 nitrogen and oxygen atoms in total. The van der Waals surface area contributed by atoms with Gasteiger partial charge in [-0.3, -0.25) is 4.79 Å². The monoisotopic (exact) mass is 514 g/mol. The first kappa shape index (κ1) is 24.3. The summed E-state index contributed by atoms with van der Waals surface area (Å²) in [7, 11) is -4.12. The predicted molar refractivity (Wildman–Crippen MR) is 140 cm³/mol. The third-order valence-electron chi connectivity index (χ3n) is 5.88. The fourth-order valence-electron chi connectivity index (χ4n) is 4.16. The molecule has 5 aromatic rings. The Hall–Kier alpha value is -4.43. The topological polar surface area (TPSA) is 88.3 Å². The number of carbonyl (C=O) groups excluding carboxylic acids is 1. The van der Waals surface area contributed by atoms with Crippen LogP contribution in [0.1, 0.15) is 12.0 Å². The van der Waals surface area contributed by atoms with E-state index >= 15 is 0 Å². The van der Waals surface area contributed by atoms with Gasteiger partial charge in [-0.25, -0.2) is 17.5 Å². The number of sulfonamides is 1. The highest BCUT2D eigenvalue weighted by Gasteiger charge is 2.20. The first-order valence-corrected chi connectivity index (χ1v) is 13.1. The van der Waals surface area contributed by atoms with E-state index in [1.807, 2.05) is 36.4 Å². The molecule has 0 radical (unpaired) electrons. The molecule has 4 aromatic carbocycles. The summed E-state index contributed by atoms with van der Waals surface area (Å²) in [5.74, 6) is -0.170. The molecule has 0 saturated heterocycles. The average Bonchev–Trinajstić information content (AvgIpc) is 3.26. The molecular formula is C29H23FN2O4S. The maximum absolute atomic E-state index is 14.0. The Morgan fingerprint density at radius 1 is 0.838 bits per heavy atom. The molecule has 37 heavy (non-hydrogen) atoms. The fourth-order valence-corrected chi connectivity index (χ4v) is 5.21. The zero-order valence-corrected chi connectivity index (χ0v) is 20.5. The number of halogens is 1. The summed E-state index contributed by atoms with van der Waals surface area (Å²) in [6.07, 6.45) is 0.106. The number of para-hydroxylation sites is 1. The van der Waals surface area contributed by atoms with E-state index in [0.717, 1.165) is 22.3 Å². The van der Waals surface area contributed by atoms with E-state index in [1.165, 1.54) is 24.3 Å². The number of aryl methyl sites for hydroxylation is 1. The van der Waals surface area contributed by atoms with Gasteiger partial charge in [-0.05, 0) is 60.0 Å². The van der Waals surface area contributed by atoms with Gasteiger partial charge in [0.1, 0.15) is 17.3 Å². The maximum Gasteiger partial charge on any atom is 0.264 e. The van der Waals surface area contributed by atoms with Gasteiger partial charge in [-0.15, -0.1) is 0 Å². The van der Waals surface area contributed by atoms with Crippen molar-refractivity contribution in [2.45, 2.75) is 17.7 Å². The highest BCUT2D eigenvalue weighted by Crippen LogP contribution is 2.32. The standard InChI is InChI=1S/C29H23FN2O4S/c30-21-14-16-27-26(18-21)25(29(31-27)20-8-3-1-4-9-20)15-17-28(33)32-37(34,35)24-13-7-12-23(19-24)36-22-10-5-2-6-11-22/h1-14,16,18-19,31H,15,17H2,(H,32,33). The number of ether oxygens (including phenoxy) is 1. The van der Waals surface area contributed by atoms with E-state index in [9.17, 15) is 17.6 Å². The van der Waals surface area contributed by atoms with E-state index in [1.54, 1.807) is 42.5 Å². The minimum atomic E-state index is -4.12. The number of nitrogens with one attached hydrogen (secondary N) is 2. The molecule has 1 aromatic heterocycles. The van der Waals surface area contributed by atoms with Crippen LogP contribution >= 0.6 is 0 Å². The number of hydrogen-bond donors (Lipinski definition) is 2. The summed E-state index contributed by atoms with van der Waals surface area (Å²) in [6, 6.07) is 28.8. The Balaban J connectivity index is 1.34. The van der Waals surface area contributed by atoms with E-state index in [4.69, 9.17) is 4.74 Å². The van der Waals surface area contributed by atoms with Crippen molar-refractivity contribution in [3.05, 3.63) is 115 Å². The van der Waals surface area contributed by atoms with E-state index < -0.39 is 21.7 Å². The molecule has 1 amide bonds. The fraction of sp³-hybridized carbons (Fsp3) is 0.0690. The van der Waals surface area contributed by atoms with Crippen LogP contribution < -0.4 is 9.46 Å². The number of aromatic amines is 1. The number of H-pyrrole nitrogens is 1.